The fourth-order valence-corrected chi connectivity index (χ4v) is 3.07. The predicted octanol–water partition coefficient (Wildman–Crippen LogP) is 4.66. The first-order chi connectivity index (χ1) is 8.77. The summed E-state index contributed by atoms with van der Waals surface area (Å²) in [6, 6.07) is 20.7. The molecular weight excluding hydrogens is 259 g/mol. The van der Waals surface area contributed by atoms with Crippen LogP contribution in [-0.4, -0.2) is 0 Å². The minimum Gasteiger partial charge on any atom is -0.105 e. The van der Waals surface area contributed by atoms with Crippen molar-refractivity contribution in [2.24, 2.45) is 0 Å². The van der Waals surface area contributed by atoms with E-state index in [1.165, 1.54) is 16.3 Å². The van der Waals surface area contributed by atoms with Gasteiger partial charge in [0.25, 0.3) is 0 Å². The second-order valence-electron chi connectivity index (χ2n) is 4.23. The van der Waals surface area contributed by atoms with Crippen LogP contribution in [0.4, 0.5) is 0 Å². The number of rotatable bonds is 1. The predicted molar refractivity (Wildman–Crippen MR) is 83.7 cm³/mol. The molecule has 0 spiro atoms. The standard InChI is InChI=1S/C16H12ClP/c17-14-9-4-10-15(18)16(14)13-8-3-6-11-5-1-2-7-12(11)13/h1-10H,18H2. The molecule has 0 radical (unpaired) electrons. The number of benzene rings is 3. The van der Waals surface area contributed by atoms with E-state index in [4.69, 9.17) is 11.6 Å². The Labute approximate surface area is 114 Å². The summed E-state index contributed by atoms with van der Waals surface area (Å²) in [6.07, 6.45) is 0. The molecule has 18 heavy (non-hydrogen) atoms. The number of fused-ring (bicyclic) bond motifs is 1. The van der Waals surface area contributed by atoms with Gasteiger partial charge in [-0.1, -0.05) is 66.2 Å². The minimum absolute atomic E-state index is 0.791. The van der Waals surface area contributed by atoms with Crippen LogP contribution in [0.2, 0.25) is 5.02 Å². The van der Waals surface area contributed by atoms with Gasteiger partial charge in [-0.15, -0.1) is 9.24 Å². The van der Waals surface area contributed by atoms with E-state index in [9.17, 15) is 0 Å². The zero-order valence-corrected chi connectivity index (χ0v) is 11.6. The average molecular weight is 271 g/mol. The summed E-state index contributed by atoms with van der Waals surface area (Å²) < 4.78 is 0. The fourth-order valence-electron chi connectivity index (χ4n) is 2.27. The summed E-state index contributed by atoms with van der Waals surface area (Å²) in [5, 5.41) is 4.38. The highest BCUT2D eigenvalue weighted by molar-refractivity contribution is 7.28. The number of hydrogen-bond donors (Lipinski definition) is 0. The van der Waals surface area contributed by atoms with Crippen molar-refractivity contribution < 1.29 is 0 Å². The van der Waals surface area contributed by atoms with Gasteiger partial charge < -0.3 is 0 Å². The lowest BCUT2D eigenvalue weighted by Crippen LogP contribution is -1.97. The van der Waals surface area contributed by atoms with Gasteiger partial charge in [-0.05, 0) is 27.7 Å². The third-order valence-corrected chi connectivity index (χ3v) is 3.90. The van der Waals surface area contributed by atoms with E-state index in [-0.39, 0.29) is 0 Å². The molecule has 0 aliphatic carbocycles. The Morgan fingerprint density at radius 2 is 1.50 bits per heavy atom. The smallest absolute Gasteiger partial charge is 0.0490 e. The van der Waals surface area contributed by atoms with Gasteiger partial charge >= 0.3 is 0 Å². The summed E-state index contributed by atoms with van der Waals surface area (Å²) in [7, 11) is 2.76. The second kappa shape index (κ2) is 4.72. The molecule has 0 aromatic heterocycles. The Morgan fingerprint density at radius 1 is 0.778 bits per heavy atom. The monoisotopic (exact) mass is 270 g/mol. The fraction of sp³-hybridized carbons (Fsp3) is 0. The summed E-state index contributed by atoms with van der Waals surface area (Å²) in [4.78, 5) is 0. The molecule has 0 bridgehead atoms. The van der Waals surface area contributed by atoms with Crippen molar-refractivity contribution in [3.63, 3.8) is 0 Å². The van der Waals surface area contributed by atoms with Crippen LogP contribution in [-0.2, 0) is 0 Å². The van der Waals surface area contributed by atoms with Gasteiger partial charge in [0.05, 0.1) is 0 Å². The van der Waals surface area contributed by atoms with Crippen LogP contribution >= 0.6 is 20.8 Å². The van der Waals surface area contributed by atoms with Crippen molar-refractivity contribution in [1.82, 2.24) is 0 Å². The summed E-state index contributed by atoms with van der Waals surface area (Å²) in [6.45, 7) is 0. The molecule has 0 amide bonds. The normalized spacial score (nSPS) is 10.8. The molecular formula is C16H12ClP. The molecule has 1 unspecified atom stereocenters. The first-order valence-corrected chi connectivity index (χ1v) is 6.75. The third kappa shape index (κ3) is 1.92. The van der Waals surface area contributed by atoms with Gasteiger partial charge in [-0.2, -0.15) is 0 Å². The Kier molecular flexibility index (Phi) is 3.07. The van der Waals surface area contributed by atoms with E-state index < -0.39 is 0 Å². The van der Waals surface area contributed by atoms with Gasteiger partial charge in [-0.3, -0.25) is 0 Å². The van der Waals surface area contributed by atoms with Gasteiger partial charge in [0.15, 0.2) is 0 Å². The van der Waals surface area contributed by atoms with Gasteiger partial charge in [0.1, 0.15) is 0 Å². The van der Waals surface area contributed by atoms with Crippen molar-refractivity contribution in [3.05, 3.63) is 65.7 Å². The highest BCUT2D eigenvalue weighted by atomic mass is 35.5. The number of halogens is 1. The van der Waals surface area contributed by atoms with E-state index in [0.29, 0.717) is 0 Å². The van der Waals surface area contributed by atoms with E-state index >= 15 is 0 Å². The summed E-state index contributed by atoms with van der Waals surface area (Å²) >= 11 is 6.35. The Bertz CT molecular complexity index is 694. The van der Waals surface area contributed by atoms with Crippen LogP contribution in [0.1, 0.15) is 0 Å². The molecule has 0 saturated heterocycles. The maximum atomic E-state index is 6.35. The molecule has 0 heterocycles. The highest BCUT2D eigenvalue weighted by Gasteiger charge is 2.09. The molecule has 2 heteroatoms. The van der Waals surface area contributed by atoms with Crippen molar-refractivity contribution in [1.29, 1.82) is 0 Å². The third-order valence-electron chi connectivity index (χ3n) is 3.10. The zero-order chi connectivity index (χ0) is 12.5. The molecule has 0 aliphatic heterocycles. The van der Waals surface area contributed by atoms with Gasteiger partial charge in [-0.25, -0.2) is 0 Å². The van der Waals surface area contributed by atoms with Crippen LogP contribution < -0.4 is 5.30 Å². The van der Waals surface area contributed by atoms with Crippen LogP contribution in [0.3, 0.4) is 0 Å². The first-order valence-electron chi connectivity index (χ1n) is 5.79. The molecule has 3 aromatic rings. The summed E-state index contributed by atoms with van der Waals surface area (Å²) in [5.74, 6) is 0. The summed E-state index contributed by atoms with van der Waals surface area (Å²) in [5.41, 5.74) is 2.28. The Morgan fingerprint density at radius 3 is 2.33 bits per heavy atom. The molecule has 0 aliphatic rings. The average Bonchev–Trinajstić information content (AvgIpc) is 2.39. The van der Waals surface area contributed by atoms with Crippen molar-refractivity contribution in [2.75, 3.05) is 0 Å². The zero-order valence-electron chi connectivity index (χ0n) is 9.73. The van der Waals surface area contributed by atoms with E-state index in [1.807, 2.05) is 12.1 Å². The van der Waals surface area contributed by atoms with Crippen LogP contribution in [0.25, 0.3) is 21.9 Å². The lowest BCUT2D eigenvalue weighted by atomic mass is 9.98. The second-order valence-corrected chi connectivity index (χ2v) is 5.26. The van der Waals surface area contributed by atoms with Crippen LogP contribution in [0.15, 0.2) is 60.7 Å². The van der Waals surface area contributed by atoms with E-state index in [1.54, 1.807) is 0 Å². The SMILES string of the molecule is Pc1cccc(Cl)c1-c1cccc2ccccc12. The topological polar surface area (TPSA) is 0 Å². The maximum Gasteiger partial charge on any atom is 0.0490 e. The molecule has 88 valence electrons. The van der Waals surface area contributed by atoms with E-state index in [0.717, 1.165) is 15.9 Å². The van der Waals surface area contributed by atoms with Crippen LogP contribution in [0, 0.1) is 0 Å². The molecule has 0 saturated carbocycles. The molecule has 0 fully saturated rings. The quantitative estimate of drug-likeness (QED) is 0.564. The van der Waals surface area contributed by atoms with Gasteiger partial charge in [0.2, 0.25) is 0 Å². The largest absolute Gasteiger partial charge is 0.105 e. The van der Waals surface area contributed by atoms with Crippen molar-refractivity contribution >= 4 is 36.9 Å². The van der Waals surface area contributed by atoms with Gasteiger partial charge in [0, 0.05) is 10.6 Å². The van der Waals surface area contributed by atoms with Crippen LogP contribution in [0.5, 0.6) is 0 Å². The minimum atomic E-state index is 0.791. The molecule has 0 nitrogen and oxygen atoms in total. The molecule has 0 N–H and O–H groups in total. The Balaban J connectivity index is 2.39. The highest BCUT2D eigenvalue weighted by Crippen LogP contribution is 2.32. The molecule has 1 atom stereocenters. The van der Waals surface area contributed by atoms with E-state index in [2.05, 4.69) is 57.8 Å². The number of hydrogen-bond acceptors (Lipinski definition) is 0. The van der Waals surface area contributed by atoms with Crippen molar-refractivity contribution in [3.8, 4) is 11.1 Å². The maximum absolute atomic E-state index is 6.35. The van der Waals surface area contributed by atoms with Crippen molar-refractivity contribution in [2.45, 2.75) is 0 Å². The molecule has 3 rings (SSSR count). The lowest BCUT2D eigenvalue weighted by Gasteiger charge is -2.11. The molecule has 3 aromatic carbocycles. The lowest BCUT2D eigenvalue weighted by molar-refractivity contribution is 1.68. The first kappa shape index (κ1) is 11.7. The Hall–Kier alpha value is -1.36.